The summed E-state index contributed by atoms with van der Waals surface area (Å²) in [4.78, 5) is 2.29. The zero-order chi connectivity index (χ0) is 16.9. The molecule has 0 fully saturated rings. The highest BCUT2D eigenvalue weighted by atomic mass is 35.5. The predicted molar refractivity (Wildman–Crippen MR) is 95.7 cm³/mol. The molecule has 0 aromatic heterocycles. The van der Waals surface area contributed by atoms with Crippen LogP contribution in [0.4, 0.5) is 5.69 Å². The van der Waals surface area contributed by atoms with Crippen molar-refractivity contribution in [2.75, 3.05) is 25.0 Å². The molecule has 0 aliphatic rings. The largest absolute Gasteiger partial charge is 0.375 e. The van der Waals surface area contributed by atoms with Crippen molar-refractivity contribution in [1.29, 1.82) is 0 Å². The fourth-order valence-electron chi connectivity index (χ4n) is 2.16. The summed E-state index contributed by atoms with van der Waals surface area (Å²) in [6.45, 7) is 2.98. The third-order valence-electron chi connectivity index (χ3n) is 3.61. The van der Waals surface area contributed by atoms with Crippen molar-refractivity contribution in [2.24, 2.45) is 0 Å². The first-order chi connectivity index (χ1) is 10.9. The normalized spacial score (nSPS) is 11.4. The van der Waals surface area contributed by atoms with Gasteiger partial charge >= 0.3 is 0 Å². The van der Waals surface area contributed by atoms with Gasteiger partial charge in [0.25, 0.3) is 0 Å². The van der Waals surface area contributed by atoms with Crippen LogP contribution in [0, 0.1) is 6.92 Å². The first-order valence-corrected chi connectivity index (χ1v) is 9.28. The van der Waals surface area contributed by atoms with Gasteiger partial charge in [-0.3, -0.25) is 0 Å². The fourth-order valence-corrected chi connectivity index (χ4v) is 3.50. The molecule has 0 unspecified atom stereocenters. The second kappa shape index (κ2) is 7.81. The van der Waals surface area contributed by atoms with E-state index in [0.717, 1.165) is 17.8 Å². The lowest BCUT2D eigenvalue weighted by molar-refractivity contribution is 0.579. The summed E-state index contributed by atoms with van der Waals surface area (Å²) >= 11 is 5.99. The van der Waals surface area contributed by atoms with Gasteiger partial charge in [-0.05, 0) is 43.2 Å². The van der Waals surface area contributed by atoms with Gasteiger partial charge in [0.2, 0.25) is 10.0 Å². The van der Waals surface area contributed by atoms with E-state index < -0.39 is 10.0 Å². The van der Waals surface area contributed by atoms with E-state index in [-0.39, 0.29) is 4.90 Å². The Labute approximate surface area is 143 Å². The van der Waals surface area contributed by atoms with Crippen molar-refractivity contribution >= 4 is 27.3 Å². The van der Waals surface area contributed by atoms with E-state index in [1.165, 1.54) is 6.07 Å². The molecule has 0 amide bonds. The van der Waals surface area contributed by atoms with Crippen LogP contribution in [0.3, 0.4) is 0 Å². The summed E-state index contributed by atoms with van der Waals surface area (Å²) in [7, 11) is -1.53. The number of rotatable bonds is 7. The van der Waals surface area contributed by atoms with Gasteiger partial charge in [-0.1, -0.05) is 35.9 Å². The van der Waals surface area contributed by atoms with E-state index in [4.69, 9.17) is 11.6 Å². The standard InChI is InChI=1S/C17H21ClN2O2S/c1-14-9-10-16(13-17(14)18)23(21,22)19-11-6-12-20(2)15-7-4-3-5-8-15/h3-5,7-10,13,19H,6,11-12H2,1-2H3. The molecule has 0 spiro atoms. The Bertz CT molecular complexity index is 748. The van der Waals surface area contributed by atoms with Crippen LogP contribution in [-0.4, -0.2) is 28.6 Å². The molecule has 1 N–H and O–H groups in total. The fraction of sp³-hybridized carbons (Fsp3) is 0.294. The summed E-state index contributed by atoms with van der Waals surface area (Å²) in [6, 6.07) is 14.7. The molecule has 6 heteroatoms. The quantitative estimate of drug-likeness (QED) is 0.776. The Morgan fingerprint density at radius 3 is 2.48 bits per heavy atom. The van der Waals surface area contributed by atoms with Gasteiger partial charge in [-0.25, -0.2) is 13.1 Å². The van der Waals surface area contributed by atoms with E-state index in [1.54, 1.807) is 12.1 Å². The van der Waals surface area contributed by atoms with Crippen molar-refractivity contribution in [3.63, 3.8) is 0 Å². The number of sulfonamides is 1. The molecule has 0 aliphatic carbocycles. The Morgan fingerprint density at radius 2 is 1.83 bits per heavy atom. The lowest BCUT2D eigenvalue weighted by Gasteiger charge is -2.19. The minimum Gasteiger partial charge on any atom is -0.375 e. The van der Waals surface area contributed by atoms with Crippen molar-refractivity contribution in [3.8, 4) is 0 Å². The van der Waals surface area contributed by atoms with Crippen LogP contribution in [0.25, 0.3) is 0 Å². The summed E-state index contributed by atoms with van der Waals surface area (Å²) < 4.78 is 27.1. The molecule has 0 saturated heterocycles. The van der Waals surface area contributed by atoms with Gasteiger partial charge in [0, 0.05) is 30.8 Å². The van der Waals surface area contributed by atoms with Gasteiger partial charge in [-0.15, -0.1) is 0 Å². The summed E-state index contributed by atoms with van der Waals surface area (Å²) in [5.41, 5.74) is 1.97. The molecule has 2 aromatic carbocycles. The maximum atomic E-state index is 12.2. The van der Waals surface area contributed by atoms with E-state index in [2.05, 4.69) is 9.62 Å². The third kappa shape index (κ3) is 4.96. The van der Waals surface area contributed by atoms with Crippen LogP contribution in [0.15, 0.2) is 53.4 Å². The minimum absolute atomic E-state index is 0.199. The van der Waals surface area contributed by atoms with E-state index >= 15 is 0 Å². The number of halogens is 1. The zero-order valence-electron chi connectivity index (χ0n) is 13.3. The second-order valence-electron chi connectivity index (χ2n) is 5.42. The summed E-state index contributed by atoms with van der Waals surface area (Å²) in [5.74, 6) is 0. The highest BCUT2D eigenvalue weighted by Crippen LogP contribution is 2.19. The smallest absolute Gasteiger partial charge is 0.240 e. The number of nitrogens with zero attached hydrogens (tertiary/aromatic N) is 1. The van der Waals surface area contributed by atoms with Crippen molar-refractivity contribution in [1.82, 2.24) is 4.72 Å². The molecule has 0 radical (unpaired) electrons. The number of hydrogen-bond acceptors (Lipinski definition) is 3. The summed E-state index contributed by atoms with van der Waals surface area (Å²) in [6.07, 6.45) is 0.713. The second-order valence-corrected chi connectivity index (χ2v) is 7.59. The van der Waals surface area contributed by atoms with Gasteiger partial charge < -0.3 is 4.90 Å². The molecular formula is C17H21ClN2O2S. The van der Waals surface area contributed by atoms with Gasteiger partial charge in [0.15, 0.2) is 0 Å². The maximum Gasteiger partial charge on any atom is 0.240 e. The van der Waals surface area contributed by atoms with Crippen LogP contribution >= 0.6 is 11.6 Å². The number of anilines is 1. The summed E-state index contributed by atoms with van der Waals surface area (Å²) in [5, 5.41) is 0.455. The zero-order valence-corrected chi connectivity index (χ0v) is 14.9. The van der Waals surface area contributed by atoms with Crippen molar-refractivity contribution in [3.05, 3.63) is 59.1 Å². The number of aryl methyl sites for hydroxylation is 1. The average molecular weight is 353 g/mol. The number of nitrogens with one attached hydrogen (secondary N) is 1. The molecule has 0 saturated carbocycles. The molecular weight excluding hydrogens is 332 g/mol. The van der Waals surface area contributed by atoms with Crippen LogP contribution in [-0.2, 0) is 10.0 Å². The monoisotopic (exact) mass is 352 g/mol. The topological polar surface area (TPSA) is 49.4 Å². The van der Waals surface area contributed by atoms with Crippen molar-refractivity contribution in [2.45, 2.75) is 18.2 Å². The maximum absolute atomic E-state index is 12.2. The van der Waals surface area contributed by atoms with Gasteiger partial charge in [0.05, 0.1) is 4.90 Å². The van der Waals surface area contributed by atoms with E-state index in [1.807, 2.05) is 44.3 Å². The molecule has 124 valence electrons. The highest BCUT2D eigenvalue weighted by molar-refractivity contribution is 7.89. The van der Waals surface area contributed by atoms with E-state index in [0.29, 0.717) is 18.0 Å². The number of para-hydroxylation sites is 1. The molecule has 0 heterocycles. The molecule has 0 aliphatic heterocycles. The number of benzene rings is 2. The molecule has 4 nitrogen and oxygen atoms in total. The van der Waals surface area contributed by atoms with Crippen molar-refractivity contribution < 1.29 is 8.42 Å². The minimum atomic E-state index is -3.52. The molecule has 23 heavy (non-hydrogen) atoms. The Balaban J connectivity index is 1.86. The lowest BCUT2D eigenvalue weighted by atomic mass is 10.2. The van der Waals surface area contributed by atoms with Crippen LogP contribution in [0.1, 0.15) is 12.0 Å². The SMILES string of the molecule is Cc1ccc(S(=O)(=O)NCCCN(C)c2ccccc2)cc1Cl. The average Bonchev–Trinajstić information content (AvgIpc) is 2.54. The molecule has 2 aromatic rings. The third-order valence-corrected chi connectivity index (χ3v) is 5.48. The Hall–Kier alpha value is -1.56. The van der Waals surface area contributed by atoms with Crippen LogP contribution in [0.5, 0.6) is 0 Å². The first kappa shape index (κ1) is 17.8. The lowest BCUT2D eigenvalue weighted by Crippen LogP contribution is -2.28. The van der Waals surface area contributed by atoms with Crippen LogP contribution < -0.4 is 9.62 Å². The van der Waals surface area contributed by atoms with Gasteiger partial charge in [0.1, 0.15) is 0 Å². The van der Waals surface area contributed by atoms with Crippen LogP contribution in [0.2, 0.25) is 5.02 Å². The highest BCUT2D eigenvalue weighted by Gasteiger charge is 2.14. The predicted octanol–water partition coefficient (Wildman–Crippen LogP) is 3.45. The Morgan fingerprint density at radius 1 is 1.13 bits per heavy atom. The molecule has 0 atom stereocenters. The molecule has 0 bridgehead atoms. The molecule has 2 rings (SSSR count). The van der Waals surface area contributed by atoms with Gasteiger partial charge in [-0.2, -0.15) is 0 Å². The number of hydrogen-bond donors (Lipinski definition) is 1. The Kier molecular flexibility index (Phi) is 6.04. The van der Waals surface area contributed by atoms with E-state index in [9.17, 15) is 8.42 Å². The first-order valence-electron chi connectivity index (χ1n) is 7.42.